The number of carbonyl (C=O) groups excluding carboxylic acids is 7. The number of anilines is 1. The molecule has 4 aromatic heterocycles. The topological polar surface area (TPSA) is 339 Å². The van der Waals surface area contributed by atoms with Crippen LogP contribution < -0.4 is 37.6 Å². The van der Waals surface area contributed by atoms with Crippen LogP contribution in [0.25, 0.3) is 39.4 Å². The minimum Gasteiger partial charge on any atom is -0.445 e. The largest absolute Gasteiger partial charge is 0.445 e. The van der Waals surface area contributed by atoms with Gasteiger partial charge in [-0.1, -0.05) is 80.6 Å². The van der Waals surface area contributed by atoms with E-state index in [1.54, 1.807) is 42.6 Å². The Morgan fingerprint density at radius 3 is 2.09 bits per heavy atom. The number of amides is 8. The monoisotopic (exact) mass is 1230 g/mol. The van der Waals surface area contributed by atoms with Crippen molar-refractivity contribution in [3.63, 3.8) is 0 Å². The van der Waals surface area contributed by atoms with Crippen LogP contribution in [0.4, 0.5) is 15.3 Å². The van der Waals surface area contributed by atoms with Crippen molar-refractivity contribution >= 4 is 53.0 Å². The molecule has 0 fully saturated rings. The average Bonchev–Trinajstić information content (AvgIpc) is 1.69. The number of aromatic amines is 1. The number of benzene rings is 3. The third-order valence-corrected chi connectivity index (χ3v) is 14.2. The summed E-state index contributed by atoms with van der Waals surface area (Å²) in [5, 5.41) is 21.5. The van der Waals surface area contributed by atoms with Gasteiger partial charge in [0, 0.05) is 61.3 Å². The van der Waals surface area contributed by atoms with Gasteiger partial charge in [0.2, 0.25) is 17.7 Å². The van der Waals surface area contributed by atoms with Crippen LogP contribution in [-0.4, -0.2) is 154 Å². The van der Waals surface area contributed by atoms with Crippen LogP contribution in [0.2, 0.25) is 0 Å². The zero-order valence-corrected chi connectivity index (χ0v) is 50.5. The number of pyridine rings is 2. The molecule has 26 nitrogen and oxygen atoms in total. The summed E-state index contributed by atoms with van der Waals surface area (Å²) < 4.78 is 29.1. The van der Waals surface area contributed by atoms with Crippen molar-refractivity contribution in [1.82, 2.24) is 61.0 Å². The lowest BCUT2D eigenvalue weighted by molar-refractivity contribution is -0.137. The molecule has 1 aliphatic heterocycles. The van der Waals surface area contributed by atoms with Gasteiger partial charge in [-0.15, -0.1) is 0 Å². The standard InChI is InChI=1S/C64H76N14O12/c1-42(2)58(76-55(79)25-28-86-30-32-88-34-35-89-33-31-87-29-27-77-56(80)23-24-57(77)81)62(83)73-52(12-7-26-67-63(65)84)61(82)72-49-20-15-45(16-21-49)40-90-64(85)68-36-44-13-17-46(18-14-44)50-10-5-4-9-47(50)37-66-38-53-74-59(48-19-22-54-69-41-70-78(54)39-48)60(75-53)51-11-6-8-43(3)71-51/h4-6,8-11,13-24,39,41-42,52,58,66H,7,12,25-38,40H2,1-3H3,(H,68,85)(H,72,82)(H,73,83)(H,74,75)(H,76,79)(H3,65,67,84). The number of H-pyrrole nitrogens is 1. The molecule has 0 saturated carbocycles. The number of carbonyl (C=O) groups is 7. The molecule has 2 unspecified atom stereocenters. The number of nitrogens with one attached hydrogen (secondary N) is 7. The highest BCUT2D eigenvalue weighted by atomic mass is 16.6. The van der Waals surface area contributed by atoms with Crippen molar-refractivity contribution in [2.75, 3.05) is 71.3 Å². The van der Waals surface area contributed by atoms with E-state index < -0.39 is 41.9 Å². The van der Waals surface area contributed by atoms with Crippen LogP contribution in [0.1, 0.15) is 61.3 Å². The second kappa shape index (κ2) is 34.1. The van der Waals surface area contributed by atoms with Crippen LogP contribution in [-0.2, 0) is 73.9 Å². The number of ether oxygens (including phenoxy) is 5. The molecule has 8 amide bonds. The number of hydrogen-bond donors (Lipinski definition) is 8. The lowest BCUT2D eigenvalue weighted by Gasteiger charge is -2.25. The summed E-state index contributed by atoms with van der Waals surface area (Å²) in [5.74, 6) is -1.84. The summed E-state index contributed by atoms with van der Waals surface area (Å²) in [4.78, 5) is 106. The normalized spacial score (nSPS) is 12.7. The first-order valence-electron chi connectivity index (χ1n) is 29.7. The average molecular weight is 1230 g/mol. The molecule has 1 aliphatic rings. The van der Waals surface area contributed by atoms with Gasteiger partial charge in [0.25, 0.3) is 11.8 Å². The van der Waals surface area contributed by atoms with E-state index in [4.69, 9.17) is 39.4 Å². The molecule has 8 rings (SSSR count). The third-order valence-electron chi connectivity index (χ3n) is 14.2. The maximum atomic E-state index is 13.7. The van der Waals surface area contributed by atoms with E-state index in [0.717, 1.165) is 67.0 Å². The maximum Gasteiger partial charge on any atom is 0.407 e. The van der Waals surface area contributed by atoms with Gasteiger partial charge >= 0.3 is 12.1 Å². The van der Waals surface area contributed by atoms with Crippen LogP contribution >= 0.6 is 0 Å². The van der Waals surface area contributed by atoms with Crippen molar-refractivity contribution in [3.8, 4) is 33.8 Å². The Labute approximate surface area is 520 Å². The number of aryl methyl sites for hydroxylation is 1. The molecule has 2 atom stereocenters. The molecule has 26 heteroatoms. The Balaban J connectivity index is 0.731. The fourth-order valence-corrected chi connectivity index (χ4v) is 9.46. The second-order valence-corrected chi connectivity index (χ2v) is 21.3. The molecule has 0 saturated heterocycles. The SMILES string of the molecule is Cc1cccc(-c2[nH]c(CNCc3ccccc3-c3ccc(CNC(=O)OCc4ccc(NC(=O)C(CCCNC(N)=O)NC(=O)C(NC(=O)CCOCCOCCOCCOCCN5C(=O)C=CC5=O)C(C)C)cc4)cc3)nc2-c2ccc3ncnn3c2)n1. The minimum atomic E-state index is -1.06. The highest BCUT2D eigenvalue weighted by molar-refractivity contribution is 6.12. The number of rotatable bonds is 36. The van der Waals surface area contributed by atoms with Gasteiger partial charge in [0.15, 0.2) is 5.65 Å². The fraction of sp³-hybridized carbons (Fsp3) is 0.359. The van der Waals surface area contributed by atoms with E-state index >= 15 is 0 Å². The Morgan fingerprint density at radius 2 is 1.38 bits per heavy atom. The molecule has 0 spiro atoms. The summed E-state index contributed by atoms with van der Waals surface area (Å²) in [5.41, 5.74) is 15.2. The van der Waals surface area contributed by atoms with Gasteiger partial charge in [0.1, 0.15) is 30.8 Å². The van der Waals surface area contributed by atoms with Crippen LogP contribution in [0.15, 0.2) is 128 Å². The second-order valence-electron chi connectivity index (χ2n) is 21.3. The first-order valence-corrected chi connectivity index (χ1v) is 29.7. The smallest absolute Gasteiger partial charge is 0.407 e. The van der Waals surface area contributed by atoms with Gasteiger partial charge in [-0.3, -0.25) is 33.9 Å². The quantitative estimate of drug-likeness (QED) is 0.0183. The van der Waals surface area contributed by atoms with Crippen molar-refractivity contribution in [1.29, 1.82) is 0 Å². The van der Waals surface area contributed by atoms with Crippen molar-refractivity contribution in [2.24, 2.45) is 11.7 Å². The zero-order valence-electron chi connectivity index (χ0n) is 50.5. The van der Waals surface area contributed by atoms with Gasteiger partial charge in [-0.25, -0.2) is 24.1 Å². The molecule has 0 aliphatic carbocycles. The third kappa shape index (κ3) is 20.4. The molecule has 9 N–H and O–H groups in total. The molecule has 0 bridgehead atoms. The summed E-state index contributed by atoms with van der Waals surface area (Å²) in [6, 6.07) is 29.8. The molecular formula is C64H76N14O12. The van der Waals surface area contributed by atoms with E-state index in [1.165, 1.54) is 18.5 Å². The molecule has 90 heavy (non-hydrogen) atoms. The van der Waals surface area contributed by atoms with Gasteiger partial charge in [-0.2, -0.15) is 5.10 Å². The highest BCUT2D eigenvalue weighted by Crippen LogP contribution is 2.30. The van der Waals surface area contributed by atoms with E-state index in [1.807, 2.05) is 79.9 Å². The fourth-order valence-electron chi connectivity index (χ4n) is 9.46. The molecule has 7 aromatic rings. The number of primary amides is 1. The Hall–Kier alpha value is -9.73. The van der Waals surface area contributed by atoms with E-state index in [0.29, 0.717) is 50.6 Å². The minimum absolute atomic E-state index is 0.0325. The molecule has 474 valence electrons. The van der Waals surface area contributed by atoms with Crippen molar-refractivity contribution < 1.29 is 57.2 Å². The number of aromatic nitrogens is 6. The molecular weight excluding hydrogens is 1160 g/mol. The summed E-state index contributed by atoms with van der Waals surface area (Å²) in [7, 11) is 0. The number of urea groups is 1. The molecule has 0 radical (unpaired) electrons. The Kier molecular flexibility index (Phi) is 25.1. The van der Waals surface area contributed by atoms with Crippen molar-refractivity contribution in [2.45, 2.75) is 78.4 Å². The van der Waals surface area contributed by atoms with Gasteiger partial charge in [0.05, 0.1) is 83.0 Å². The highest BCUT2D eigenvalue weighted by Gasteiger charge is 2.29. The maximum absolute atomic E-state index is 13.7. The number of hydrogen-bond acceptors (Lipinski definition) is 17. The first-order chi connectivity index (χ1) is 43.7. The lowest BCUT2D eigenvalue weighted by Crippen LogP contribution is -2.54. The number of fused-ring (bicyclic) bond motifs is 1. The molecule has 5 heterocycles. The number of nitrogens with two attached hydrogens (primary N) is 1. The zero-order chi connectivity index (χ0) is 63.6. The Morgan fingerprint density at radius 1 is 0.689 bits per heavy atom. The summed E-state index contributed by atoms with van der Waals surface area (Å²) in [6.45, 7) is 9.02. The number of nitrogens with zero attached hydrogens (tertiary/aromatic N) is 6. The Bertz CT molecular complexity index is 3550. The van der Waals surface area contributed by atoms with Crippen LogP contribution in [0.5, 0.6) is 0 Å². The van der Waals surface area contributed by atoms with Crippen molar-refractivity contribution in [3.05, 3.63) is 156 Å². The molecule has 3 aromatic carbocycles. The first kappa shape index (κ1) is 66.2. The predicted octanol–water partition coefficient (Wildman–Crippen LogP) is 5.27. The summed E-state index contributed by atoms with van der Waals surface area (Å²) in [6.07, 6.45) is 5.65. The lowest BCUT2D eigenvalue weighted by atomic mass is 9.98. The van der Waals surface area contributed by atoms with E-state index in [2.05, 4.69) is 59.1 Å². The number of imide groups is 1. The van der Waals surface area contributed by atoms with Crippen LogP contribution in [0.3, 0.4) is 0 Å². The summed E-state index contributed by atoms with van der Waals surface area (Å²) >= 11 is 0. The van der Waals surface area contributed by atoms with Gasteiger partial charge in [-0.05, 0) is 89.9 Å². The predicted molar refractivity (Wildman–Crippen MR) is 332 cm³/mol. The van der Waals surface area contributed by atoms with E-state index in [-0.39, 0.29) is 89.8 Å². The number of alkyl carbamates (subject to hydrolysis) is 1. The van der Waals surface area contributed by atoms with E-state index in [9.17, 15) is 33.6 Å². The number of imidazole rings is 1. The van der Waals surface area contributed by atoms with Gasteiger partial charge < -0.3 is 66.3 Å². The van der Waals surface area contributed by atoms with Crippen LogP contribution in [0, 0.1) is 12.8 Å².